The van der Waals surface area contributed by atoms with Crippen molar-refractivity contribution in [3.8, 4) is 0 Å². The number of esters is 2. The van der Waals surface area contributed by atoms with Crippen LogP contribution in [-0.4, -0.2) is 25.2 Å². The van der Waals surface area contributed by atoms with Crippen molar-refractivity contribution in [2.45, 2.75) is 78.6 Å². The summed E-state index contributed by atoms with van der Waals surface area (Å²) in [6.07, 6.45) is 8.37. The molecule has 0 heterocycles. The zero-order valence-electron chi connectivity index (χ0n) is 15.1. The van der Waals surface area contributed by atoms with E-state index in [1.807, 2.05) is 6.92 Å². The van der Waals surface area contributed by atoms with E-state index in [1.165, 1.54) is 12.8 Å². The summed E-state index contributed by atoms with van der Waals surface area (Å²) in [4.78, 5) is 23.9. The fraction of sp³-hybridized carbons (Fsp3) is 0.895. The van der Waals surface area contributed by atoms with Gasteiger partial charge in [0.2, 0.25) is 0 Å². The van der Waals surface area contributed by atoms with Crippen LogP contribution in [0.15, 0.2) is 0 Å². The van der Waals surface area contributed by atoms with Crippen molar-refractivity contribution in [3.05, 3.63) is 0 Å². The van der Waals surface area contributed by atoms with Crippen molar-refractivity contribution < 1.29 is 19.1 Å². The Labute approximate surface area is 141 Å². The monoisotopic (exact) mass is 326 g/mol. The predicted molar refractivity (Wildman–Crippen MR) is 91.0 cm³/mol. The smallest absolute Gasteiger partial charge is 0.308 e. The number of hydrogen-bond donors (Lipinski definition) is 0. The Morgan fingerprint density at radius 1 is 0.870 bits per heavy atom. The summed E-state index contributed by atoms with van der Waals surface area (Å²) < 4.78 is 10.6. The minimum absolute atomic E-state index is 0.0263. The molecule has 0 bridgehead atoms. The molecule has 4 nitrogen and oxygen atoms in total. The summed E-state index contributed by atoms with van der Waals surface area (Å²) in [7, 11) is 0. The second-order valence-corrected chi connectivity index (χ2v) is 7.13. The SMILES string of the molecule is CCCOC(=O)C1CCC(C(=O)OCCCCCC(C)C)CC1. The average Bonchev–Trinajstić information content (AvgIpc) is 2.55. The van der Waals surface area contributed by atoms with Crippen molar-refractivity contribution in [2.75, 3.05) is 13.2 Å². The summed E-state index contributed by atoms with van der Waals surface area (Å²) in [5, 5.41) is 0. The lowest BCUT2D eigenvalue weighted by Crippen LogP contribution is -2.28. The molecule has 1 fully saturated rings. The lowest BCUT2D eigenvalue weighted by molar-refractivity contribution is -0.155. The molecule has 0 aromatic heterocycles. The van der Waals surface area contributed by atoms with Crippen LogP contribution in [0.1, 0.15) is 78.6 Å². The van der Waals surface area contributed by atoms with Crippen LogP contribution in [0.2, 0.25) is 0 Å². The van der Waals surface area contributed by atoms with Gasteiger partial charge >= 0.3 is 11.9 Å². The van der Waals surface area contributed by atoms with Crippen molar-refractivity contribution in [2.24, 2.45) is 17.8 Å². The molecule has 0 N–H and O–H groups in total. The maximum absolute atomic E-state index is 12.0. The van der Waals surface area contributed by atoms with Gasteiger partial charge in [-0.3, -0.25) is 9.59 Å². The molecule has 1 aliphatic rings. The molecular formula is C19H34O4. The molecule has 0 aromatic rings. The van der Waals surface area contributed by atoms with E-state index < -0.39 is 0 Å². The van der Waals surface area contributed by atoms with Gasteiger partial charge in [-0.1, -0.05) is 40.0 Å². The summed E-state index contributed by atoms with van der Waals surface area (Å²) in [5.74, 6) is 0.525. The zero-order valence-corrected chi connectivity index (χ0v) is 15.1. The highest BCUT2D eigenvalue weighted by Gasteiger charge is 2.31. The Balaban J connectivity index is 2.11. The van der Waals surface area contributed by atoms with Gasteiger partial charge < -0.3 is 9.47 Å². The van der Waals surface area contributed by atoms with E-state index in [0.29, 0.717) is 13.2 Å². The van der Waals surface area contributed by atoms with Gasteiger partial charge in [0.1, 0.15) is 0 Å². The van der Waals surface area contributed by atoms with Crippen LogP contribution in [0.5, 0.6) is 0 Å². The normalized spacial score (nSPS) is 21.2. The second-order valence-electron chi connectivity index (χ2n) is 7.13. The lowest BCUT2D eigenvalue weighted by atomic mass is 9.82. The number of carbonyl (C=O) groups is 2. The summed E-state index contributed by atoms with van der Waals surface area (Å²) >= 11 is 0. The molecule has 1 saturated carbocycles. The van der Waals surface area contributed by atoms with Gasteiger partial charge in [0.25, 0.3) is 0 Å². The number of unbranched alkanes of at least 4 members (excludes halogenated alkanes) is 2. The number of ether oxygens (including phenoxy) is 2. The largest absolute Gasteiger partial charge is 0.465 e. The van der Waals surface area contributed by atoms with Crippen molar-refractivity contribution in [1.82, 2.24) is 0 Å². The molecule has 1 aliphatic carbocycles. The van der Waals surface area contributed by atoms with Crippen LogP contribution in [0.4, 0.5) is 0 Å². The molecule has 0 aliphatic heterocycles. The minimum atomic E-state index is -0.0937. The summed E-state index contributed by atoms with van der Waals surface area (Å²) in [6, 6.07) is 0. The fourth-order valence-electron chi connectivity index (χ4n) is 3.01. The summed E-state index contributed by atoms with van der Waals surface area (Å²) in [5.41, 5.74) is 0. The maximum Gasteiger partial charge on any atom is 0.308 e. The molecule has 0 amide bonds. The Kier molecular flexibility index (Phi) is 9.97. The van der Waals surface area contributed by atoms with Crippen LogP contribution < -0.4 is 0 Å². The Morgan fingerprint density at radius 2 is 1.39 bits per heavy atom. The van der Waals surface area contributed by atoms with E-state index in [9.17, 15) is 9.59 Å². The topological polar surface area (TPSA) is 52.6 Å². The molecule has 0 aromatic carbocycles. The Morgan fingerprint density at radius 3 is 1.87 bits per heavy atom. The van der Waals surface area contributed by atoms with Crippen LogP contribution in [-0.2, 0) is 19.1 Å². The van der Waals surface area contributed by atoms with Crippen LogP contribution in [0.3, 0.4) is 0 Å². The molecule has 0 unspecified atom stereocenters. The molecule has 0 radical (unpaired) electrons. The molecule has 0 saturated heterocycles. The van der Waals surface area contributed by atoms with Crippen molar-refractivity contribution in [1.29, 1.82) is 0 Å². The van der Waals surface area contributed by atoms with E-state index in [4.69, 9.17) is 9.47 Å². The Hall–Kier alpha value is -1.06. The van der Waals surface area contributed by atoms with E-state index in [2.05, 4.69) is 13.8 Å². The maximum atomic E-state index is 12.0. The van der Waals surface area contributed by atoms with Gasteiger partial charge in [-0.15, -0.1) is 0 Å². The van der Waals surface area contributed by atoms with E-state index >= 15 is 0 Å². The zero-order chi connectivity index (χ0) is 17.1. The lowest BCUT2D eigenvalue weighted by Gasteiger charge is -2.25. The molecular weight excluding hydrogens is 292 g/mol. The van der Waals surface area contributed by atoms with Crippen molar-refractivity contribution in [3.63, 3.8) is 0 Å². The van der Waals surface area contributed by atoms with Gasteiger partial charge in [-0.2, -0.15) is 0 Å². The third-order valence-electron chi connectivity index (χ3n) is 4.51. The number of hydrogen-bond acceptors (Lipinski definition) is 4. The van der Waals surface area contributed by atoms with Gasteiger partial charge in [-0.25, -0.2) is 0 Å². The van der Waals surface area contributed by atoms with Crippen molar-refractivity contribution >= 4 is 11.9 Å². The molecule has 4 heteroatoms. The molecule has 1 rings (SSSR count). The second kappa shape index (κ2) is 11.5. The van der Waals surface area contributed by atoms with Crippen LogP contribution >= 0.6 is 0 Å². The third kappa shape index (κ3) is 8.38. The first-order valence-electron chi connectivity index (χ1n) is 9.37. The first kappa shape index (κ1) is 20.0. The standard InChI is InChI=1S/C19H34O4/c1-4-13-22-18(20)16-9-11-17(12-10-16)19(21)23-14-7-5-6-8-15(2)3/h15-17H,4-14H2,1-3H3. The van der Waals surface area contributed by atoms with Gasteiger partial charge in [-0.05, 0) is 44.4 Å². The minimum Gasteiger partial charge on any atom is -0.465 e. The van der Waals surface area contributed by atoms with E-state index in [1.54, 1.807) is 0 Å². The quantitative estimate of drug-likeness (QED) is 0.438. The highest BCUT2D eigenvalue weighted by molar-refractivity contribution is 5.75. The van der Waals surface area contributed by atoms with E-state index in [-0.39, 0.29) is 23.8 Å². The van der Waals surface area contributed by atoms with Crippen LogP contribution in [0.25, 0.3) is 0 Å². The van der Waals surface area contributed by atoms with Gasteiger partial charge in [0.05, 0.1) is 25.0 Å². The van der Waals surface area contributed by atoms with Gasteiger partial charge in [0.15, 0.2) is 0 Å². The predicted octanol–water partition coefficient (Wildman–Crippen LogP) is 4.51. The fourth-order valence-corrected chi connectivity index (χ4v) is 3.01. The third-order valence-corrected chi connectivity index (χ3v) is 4.51. The first-order valence-corrected chi connectivity index (χ1v) is 9.37. The molecule has 0 spiro atoms. The van der Waals surface area contributed by atoms with E-state index in [0.717, 1.165) is 50.9 Å². The number of rotatable bonds is 10. The Bertz CT molecular complexity index is 343. The average molecular weight is 326 g/mol. The highest BCUT2D eigenvalue weighted by Crippen LogP contribution is 2.30. The summed E-state index contributed by atoms with van der Waals surface area (Å²) in [6.45, 7) is 7.48. The molecule has 0 atom stereocenters. The molecule has 134 valence electrons. The highest BCUT2D eigenvalue weighted by atomic mass is 16.5. The molecule has 23 heavy (non-hydrogen) atoms. The van der Waals surface area contributed by atoms with Crippen LogP contribution in [0, 0.1) is 17.8 Å². The first-order chi connectivity index (χ1) is 11.0. The van der Waals surface area contributed by atoms with Gasteiger partial charge in [0, 0.05) is 0 Å². The number of carbonyl (C=O) groups excluding carboxylic acids is 2.